The number of ether oxygens (including phenoxy) is 1. The lowest BCUT2D eigenvalue weighted by molar-refractivity contribution is -0.122. The van der Waals surface area contributed by atoms with Crippen LogP contribution in [0.15, 0.2) is 42.5 Å². The quantitative estimate of drug-likeness (QED) is 0.788. The molecule has 4 nitrogen and oxygen atoms in total. The fourth-order valence-electron chi connectivity index (χ4n) is 3.50. The number of nitrogens with two attached hydrogens (primary N) is 1. The molecule has 1 amide bonds. The zero-order valence-corrected chi connectivity index (χ0v) is 14.8. The van der Waals surface area contributed by atoms with Crippen LogP contribution in [0.3, 0.4) is 0 Å². The van der Waals surface area contributed by atoms with E-state index in [0.29, 0.717) is 6.42 Å². The lowest BCUT2D eigenvalue weighted by atomic mass is 9.87. The van der Waals surface area contributed by atoms with Crippen molar-refractivity contribution in [2.75, 3.05) is 12.8 Å². The van der Waals surface area contributed by atoms with E-state index in [4.69, 9.17) is 10.5 Å². The predicted octanol–water partition coefficient (Wildman–Crippen LogP) is 3.79. The van der Waals surface area contributed by atoms with Crippen molar-refractivity contribution in [3.63, 3.8) is 0 Å². The molecule has 0 heterocycles. The second kappa shape index (κ2) is 8.06. The molecule has 25 heavy (non-hydrogen) atoms. The van der Waals surface area contributed by atoms with Gasteiger partial charge in [-0.25, -0.2) is 0 Å². The van der Waals surface area contributed by atoms with Crippen LogP contribution in [0.2, 0.25) is 0 Å². The lowest BCUT2D eigenvalue weighted by Gasteiger charge is -2.26. The molecule has 3 rings (SSSR count). The maximum atomic E-state index is 12.3. The Kier molecular flexibility index (Phi) is 5.59. The molecule has 3 N–H and O–H groups in total. The zero-order valence-electron chi connectivity index (χ0n) is 14.8. The van der Waals surface area contributed by atoms with E-state index in [1.54, 1.807) is 7.11 Å². The van der Waals surface area contributed by atoms with Crippen LogP contribution < -0.4 is 15.8 Å². The number of carbonyl (C=O) groups excluding carboxylic acids is 1. The topological polar surface area (TPSA) is 64.3 Å². The number of amides is 1. The molecule has 0 saturated heterocycles. The second-order valence-corrected chi connectivity index (χ2v) is 6.67. The van der Waals surface area contributed by atoms with Gasteiger partial charge in [-0.15, -0.1) is 0 Å². The van der Waals surface area contributed by atoms with E-state index < -0.39 is 0 Å². The van der Waals surface area contributed by atoms with Gasteiger partial charge in [0.1, 0.15) is 5.75 Å². The molecule has 0 bridgehead atoms. The van der Waals surface area contributed by atoms with Crippen molar-refractivity contribution < 1.29 is 9.53 Å². The number of nitrogen functional groups attached to an aromatic ring is 1. The SMILES string of the molecule is COc1ccc(CCCC(=O)NC2CCCc3cc(N)ccc32)cc1. The van der Waals surface area contributed by atoms with Gasteiger partial charge in [-0.3, -0.25) is 4.79 Å². The molecule has 1 aliphatic rings. The molecule has 4 heteroatoms. The molecule has 0 spiro atoms. The Bertz CT molecular complexity index is 725. The lowest BCUT2D eigenvalue weighted by Crippen LogP contribution is -2.30. The highest BCUT2D eigenvalue weighted by Crippen LogP contribution is 2.31. The molecule has 2 aromatic carbocycles. The largest absolute Gasteiger partial charge is 0.497 e. The average molecular weight is 338 g/mol. The Hall–Kier alpha value is -2.49. The molecule has 1 aliphatic carbocycles. The summed E-state index contributed by atoms with van der Waals surface area (Å²) in [6, 6.07) is 14.2. The van der Waals surface area contributed by atoms with Crippen LogP contribution in [0.25, 0.3) is 0 Å². The number of carbonyl (C=O) groups is 1. The third-order valence-electron chi connectivity index (χ3n) is 4.84. The molecule has 0 radical (unpaired) electrons. The normalized spacial score (nSPS) is 16.1. The third-order valence-corrected chi connectivity index (χ3v) is 4.84. The maximum absolute atomic E-state index is 12.3. The Morgan fingerprint density at radius 2 is 2.04 bits per heavy atom. The molecular formula is C21H26N2O2. The van der Waals surface area contributed by atoms with Crippen molar-refractivity contribution >= 4 is 11.6 Å². The molecule has 0 saturated carbocycles. The summed E-state index contributed by atoms with van der Waals surface area (Å²) in [6.45, 7) is 0. The maximum Gasteiger partial charge on any atom is 0.220 e. The summed E-state index contributed by atoms with van der Waals surface area (Å²) >= 11 is 0. The van der Waals surface area contributed by atoms with Crippen LogP contribution in [-0.2, 0) is 17.6 Å². The van der Waals surface area contributed by atoms with E-state index in [0.717, 1.165) is 43.5 Å². The van der Waals surface area contributed by atoms with Crippen molar-refractivity contribution in [1.29, 1.82) is 0 Å². The molecule has 1 unspecified atom stereocenters. The highest BCUT2D eigenvalue weighted by atomic mass is 16.5. The van der Waals surface area contributed by atoms with E-state index in [1.165, 1.54) is 16.7 Å². The van der Waals surface area contributed by atoms with Crippen LogP contribution >= 0.6 is 0 Å². The number of rotatable bonds is 6. The Morgan fingerprint density at radius 3 is 2.80 bits per heavy atom. The van der Waals surface area contributed by atoms with Crippen molar-refractivity contribution in [3.05, 3.63) is 59.2 Å². The Balaban J connectivity index is 1.50. The molecule has 132 valence electrons. The number of methoxy groups -OCH3 is 1. The van der Waals surface area contributed by atoms with E-state index >= 15 is 0 Å². The number of anilines is 1. The molecule has 0 aliphatic heterocycles. The summed E-state index contributed by atoms with van der Waals surface area (Å²) in [5.74, 6) is 0.987. The van der Waals surface area contributed by atoms with Crippen LogP contribution in [-0.4, -0.2) is 13.0 Å². The fraction of sp³-hybridized carbons (Fsp3) is 0.381. The van der Waals surface area contributed by atoms with Gasteiger partial charge < -0.3 is 15.8 Å². The van der Waals surface area contributed by atoms with Crippen LogP contribution in [0.1, 0.15) is 48.4 Å². The van der Waals surface area contributed by atoms with E-state index in [2.05, 4.69) is 23.5 Å². The first kappa shape index (κ1) is 17.3. The number of aryl methyl sites for hydroxylation is 2. The van der Waals surface area contributed by atoms with Gasteiger partial charge in [-0.2, -0.15) is 0 Å². The minimum Gasteiger partial charge on any atom is -0.497 e. The smallest absolute Gasteiger partial charge is 0.220 e. The van der Waals surface area contributed by atoms with Gasteiger partial charge in [0, 0.05) is 12.1 Å². The first-order valence-electron chi connectivity index (χ1n) is 8.96. The third kappa shape index (κ3) is 4.53. The number of hydrogen-bond donors (Lipinski definition) is 2. The summed E-state index contributed by atoms with van der Waals surface area (Å²) < 4.78 is 5.16. The summed E-state index contributed by atoms with van der Waals surface area (Å²) in [7, 11) is 1.66. The van der Waals surface area contributed by atoms with E-state index in [9.17, 15) is 4.79 Å². The molecule has 0 aromatic heterocycles. The van der Waals surface area contributed by atoms with Gasteiger partial charge in [-0.1, -0.05) is 18.2 Å². The monoisotopic (exact) mass is 338 g/mol. The molecule has 1 atom stereocenters. The Morgan fingerprint density at radius 1 is 1.24 bits per heavy atom. The minimum atomic E-state index is 0.123. The van der Waals surface area contributed by atoms with Gasteiger partial charge in [0.25, 0.3) is 0 Å². The van der Waals surface area contributed by atoms with Crippen LogP contribution in [0.4, 0.5) is 5.69 Å². The molecule has 2 aromatic rings. The Labute approximate surface area is 149 Å². The fourth-order valence-corrected chi connectivity index (χ4v) is 3.50. The van der Waals surface area contributed by atoms with E-state index in [-0.39, 0.29) is 11.9 Å². The van der Waals surface area contributed by atoms with Gasteiger partial charge >= 0.3 is 0 Å². The number of nitrogens with one attached hydrogen (secondary N) is 1. The highest BCUT2D eigenvalue weighted by molar-refractivity contribution is 5.76. The zero-order chi connectivity index (χ0) is 17.6. The van der Waals surface area contributed by atoms with Crippen molar-refractivity contribution in [2.24, 2.45) is 0 Å². The van der Waals surface area contributed by atoms with Gasteiger partial charge in [0.15, 0.2) is 0 Å². The van der Waals surface area contributed by atoms with Crippen LogP contribution in [0.5, 0.6) is 5.75 Å². The van der Waals surface area contributed by atoms with Crippen molar-refractivity contribution in [3.8, 4) is 5.75 Å². The van der Waals surface area contributed by atoms with Crippen molar-refractivity contribution in [2.45, 2.75) is 44.6 Å². The number of hydrogen-bond acceptors (Lipinski definition) is 3. The summed E-state index contributed by atoms with van der Waals surface area (Å²) in [4.78, 5) is 12.3. The first-order chi connectivity index (χ1) is 12.2. The molecule has 0 fully saturated rings. The highest BCUT2D eigenvalue weighted by Gasteiger charge is 2.21. The second-order valence-electron chi connectivity index (χ2n) is 6.67. The van der Waals surface area contributed by atoms with E-state index in [1.807, 2.05) is 24.3 Å². The summed E-state index contributed by atoms with van der Waals surface area (Å²) in [6.07, 6.45) is 5.43. The molecular weight excluding hydrogens is 312 g/mol. The number of fused-ring (bicyclic) bond motifs is 1. The van der Waals surface area contributed by atoms with Gasteiger partial charge in [0.05, 0.1) is 13.2 Å². The summed E-state index contributed by atoms with van der Waals surface area (Å²) in [5, 5.41) is 3.20. The predicted molar refractivity (Wildman–Crippen MR) is 101 cm³/mol. The minimum absolute atomic E-state index is 0.123. The standard InChI is InChI=1S/C21H26N2O2/c1-25-18-11-8-15(9-12-18)4-2-7-21(24)23-20-6-3-5-16-14-17(22)10-13-19(16)20/h8-14,20H,2-7,22H2,1H3,(H,23,24). The van der Waals surface area contributed by atoms with Gasteiger partial charge in [0.2, 0.25) is 5.91 Å². The first-order valence-corrected chi connectivity index (χ1v) is 8.96. The van der Waals surface area contributed by atoms with Crippen LogP contribution in [0, 0.1) is 0 Å². The summed E-state index contributed by atoms with van der Waals surface area (Å²) in [5.41, 5.74) is 10.4. The van der Waals surface area contributed by atoms with Crippen molar-refractivity contribution in [1.82, 2.24) is 5.32 Å². The van der Waals surface area contributed by atoms with Gasteiger partial charge in [-0.05, 0) is 73.1 Å². The average Bonchev–Trinajstić information content (AvgIpc) is 2.62. The number of benzene rings is 2.